The Bertz CT molecular complexity index is 684. The first-order valence-corrected chi connectivity index (χ1v) is 11.3. The van der Waals surface area contributed by atoms with Crippen LogP contribution in [0.2, 0.25) is 0 Å². The lowest BCUT2D eigenvalue weighted by Gasteiger charge is -2.06. The monoisotopic (exact) mass is 387 g/mol. The molecule has 160 valence electrons. The van der Waals surface area contributed by atoms with E-state index in [1.165, 1.54) is 47.8 Å². The van der Waals surface area contributed by atoms with Crippen molar-refractivity contribution in [3.8, 4) is 0 Å². The summed E-state index contributed by atoms with van der Waals surface area (Å²) in [6.45, 7) is 16.0. The average Bonchev–Trinajstić information content (AvgIpc) is 3.36. The second-order valence-corrected chi connectivity index (χ2v) is 5.47. The van der Waals surface area contributed by atoms with Gasteiger partial charge in [0, 0.05) is 32.0 Å². The van der Waals surface area contributed by atoms with E-state index in [0.717, 1.165) is 0 Å². The number of fused-ring (bicyclic) bond motifs is 2. The smallest absolute Gasteiger partial charge is 0.0656 e. The molecule has 0 bridgehead atoms. The van der Waals surface area contributed by atoms with E-state index in [9.17, 15) is 0 Å². The van der Waals surface area contributed by atoms with Crippen molar-refractivity contribution in [1.29, 1.82) is 0 Å². The van der Waals surface area contributed by atoms with Gasteiger partial charge in [0.05, 0.1) is 5.69 Å². The molecule has 0 amide bonds. The number of para-hydroxylation sites is 1. The van der Waals surface area contributed by atoms with Gasteiger partial charge in [-0.15, -0.1) is 0 Å². The van der Waals surface area contributed by atoms with Gasteiger partial charge in [-0.3, -0.25) is 4.68 Å². The number of hydrogen-bond acceptors (Lipinski definition) is 1. The standard InChI is InChI=1S/C9H9N.C8H12N2.4C2H6/c1-10-7-6-8-4-2-3-5-9(8)10;1-10-6-7-4-2-3-5-8(7)9-10;4*1-2/h2-7H,1H3;6H,2-5H2,1H3;4*1-2H3. The fourth-order valence-corrected chi connectivity index (χ4v) is 2.83. The molecule has 3 aromatic rings. The van der Waals surface area contributed by atoms with E-state index < -0.39 is 0 Å². The van der Waals surface area contributed by atoms with Crippen LogP contribution in [-0.2, 0) is 26.9 Å². The quantitative estimate of drug-likeness (QED) is 0.390. The summed E-state index contributed by atoms with van der Waals surface area (Å²) < 4.78 is 4.05. The van der Waals surface area contributed by atoms with Crippen LogP contribution in [0.3, 0.4) is 0 Å². The minimum atomic E-state index is 1.19. The fraction of sp³-hybridized carbons (Fsp3) is 0.560. The molecular formula is C25H45N3. The van der Waals surface area contributed by atoms with Crippen LogP contribution in [0.5, 0.6) is 0 Å². The van der Waals surface area contributed by atoms with Crippen LogP contribution in [0.4, 0.5) is 0 Å². The van der Waals surface area contributed by atoms with E-state index in [-0.39, 0.29) is 0 Å². The van der Waals surface area contributed by atoms with Gasteiger partial charge in [-0.25, -0.2) is 0 Å². The third-order valence-corrected chi connectivity index (χ3v) is 3.90. The van der Waals surface area contributed by atoms with Gasteiger partial charge in [-0.05, 0) is 48.8 Å². The molecule has 0 aliphatic heterocycles. The second kappa shape index (κ2) is 18.3. The van der Waals surface area contributed by atoms with Gasteiger partial charge in [0.1, 0.15) is 0 Å². The lowest BCUT2D eigenvalue weighted by molar-refractivity contribution is 0.664. The first-order chi connectivity index (χ1) is 13.7. The Kier molecular flexibility index (Phi) is 18.5. The Balaban J connectivity index is 0. The minimum absolute atomic E-state index is 1.19. The van der Waals surface area contributed by atoms with Crippen molar-refractivity contribution >= 4 is 10.9 Å². The number of benzene rings is 1. The molecular weight excluding hydrogens is 342 g/mol. The Hall–Kier alpha value is -2.03. The molecule has 4 rings (SSSR count). The molecule has 0 spiro atoms. The second-order valence-electron chi connectivity index (χ2n) is 5.47. The largest absolute Gasteiger partial charge is 0.351 e. The van der Waals surface area contributed by atoms with E-state index in [1.54, 1.807) is 0 Å². The topological polar surface area (TPSA) is 22.8 Å². The summed E-state index contributed by atoms with van der Waals surface area (Å²) in [5.41, 5.74) is 4.09. The van der Waals surface area contributed by atoms with Gasteiger partial charge >= 0.3 is 0 Å². The molecule has 0 saturated carbocycles. The predicted molar refractivity (Wildman–Crippen MR) is 128 cm³/mol. The van der Waals surface area contributed by atoms with Crippen molar-refractivity contribution in [3.05, 3.63) is 54.0 Å². The molecule has 2 heterocycles. The predicted octanol–water partition coefficient (Wildman–Crippen LogP) is 7.58. The third-order valence-electron chi connectivity index (χ3n) is 3.90. The lowest BCUT2D eigenvalue weighted by Crippen LogP contribution is -1.99. The molecule has 3 nitrogen and oxygen atoms in total. The first-order valence-electron chi connectivity index (χ1n) is 11.3. The van der Waals surface area contributed by atoms with Crippen LogP contribution >= 0.6 is 0 Å². The number of aromatic nitrogens is 3. The van der Waals surface area contributed by atoms with E-state index >= 15 is 0 Å². The summed E-state index contributed by atoms with van der Waals surface area (Å²) in [6, 6.07) is 10.5. The maximum Gasteiger partial charge on any atom is 0.0656 e. The van der Waals surface area contributed by atoms with Gasteiger partial charge in [0.2, 0.25) is 0 Å². The van der Waals surface area contributed by atoms with Crippen molar-refractivity contribution < 1.29 is 0 Å². The van der Waals surface area contributed by atoms with E-state index in [2.05, 4.69) is 59.4 Å². The summed E-state index contributed by atoms with van der Waals surface area (Å²) >= 11 is 0. The number of aryl methyl sites for hydroxylation is 4. The maximum absolute atomic E-state index is 4.37. The van der Waals surface area contributed by atoms with Gasteiger partial charge in [0.25, 0.3) is 0 Å². The van der Waals surface area contributed by atoms with E-state index in [1.807, 2.05) is 67.1 Å². The van der Waals surface area contributed by atoms with E-state index in [0.29, 0.717) is 0 Å². The van der Waals surface area contributed by atoms with Crippen LogP contribution in [0.25, 0.3) is 10.9 Å². The van der Waals surface area contributed by atoms with Crippen molar-refractivity contribution in [2.45, 2.75) is 81.1 Å². The number of rotatable bonds is 0. The van der Waals surface area contributed by atoms with Crippen LogP contribution in [0, 0.1) is 0 Å². The van der Waals surface area contributed by atoms with Crippen molar-refractivity contribution in [2.75, 3.05) is 0 Å². The third kappa shape index (κ3) is 9.25. The zero-order valence-electron chi connectivity index (χ0n) is 20.2. The van der Waals surface area contributed by atoms with Gasteiger partial charge in [-0.1, -0.05) is 73.6 Å². The number of hydrogen-bond donors (Lipinski definition) is 0. The lowest BCUT2D eigenvalue weighted by atomic mass is 9.99. The van der Waals surface area contributed by atoms with Crippen LogP contribution < -0.4 is 0 Å². The highest BCUT2D eigenvalue weighted by Crippen LogP contribution is 2.18. The molecule has 0 radical (unpaired) electrons. The Morgan fingerprint density at radius 3 is 1.89 bits per heavy atom. The molecule has 0 saturated heterocycles. The summed E-state index contributed by atoms with van der Waals surface area (Å²) in [5, 5.41) is 5.68. The highest BCUT2D eigenvalue weighted by molar-refractivity contribution is 5.79. The normalized spacial score (nSPS) is 10.6. The van der Waals surface area contributed by atoms with Gasteiger partial charge in [0.15, 0.2) is 0 Å². The van der Waals surface area contributed by atoms with Crippen molar-refractivity contribution in [3.63, 3.8) is 0 Å². The van der Waals surface area contributed by atoms with E-state index in [4.69, 9.17) is 0 Å². The van der Waals surface area contributed by atoms with Crippen molar-refractivity contribution in [2.24, 2.45) is 14.1 Å². The van der Waals surface area contributed by atoms with Gasteiger partial charge in [-0.2, -0.15) is 5.10 Å². The summed E-state index contributed by atoms with van der Waals surface area (Å²) in [4.78, 5) is 0. The molecule has 1 aromatic carbocycles. The van der Waals surface area contributed by atoms with Crippen LogP contribution in [0.15, 0.2) is 42.7 Å². The molecule has 2 aromatic heterocycles. The van der Waals surface area contributed by atoms with Crippen molar-refractivity contribution in [1.82, 2.24) is 14.3 Å². The Morgan fingerprint density at radius 1 is 0.750 bits per heavy atom. The first kappa shape index (κ1) is 28.2. The van der Waals surface area contributed by atoms with Crippen LogP contribution in [0.1, 0.15) is 79.5 Å². The molecule has 0 N–H and O–H groups in total. The Labute approximate surface area is 174 Å². The zero-order chi connectivity index (χ0) is 21.9. The molecule has 1 aliphatic rings. The molecule has 28 heavy (non-hydrogen) atoms. The SMILES string of the molecule is CC.CC.CC.CC.Cn1cc2c(n1)CCCC2.Cn1ccc2ccccc21. The minimum Gasteiger partial charge on any atom is -0.351 e. The molecule has 0 fully saturated rings. The molecule has 1 aliphatic carbocycles. The highest BCUT2D eigenvalue weighted by atomic mass is 15.2. The summed E-state index contributed by atoms with van der Waals surface area (Å²) in [7, 11) is 4.06. The zero-order valence-corrected chi connectivity index (χ0v) is 20.2. The Morgan fingerprint density at radius 2 is 1.32 bits per heavy atom. The molecule has 0 unspecified atom stereocenters. The molecule has 3 heteroatoms. The van der Waals surface area contributed by atoms with Crippen LogP contribution in [-0.4, -0.2) is 14.3 Å². The fourth-order valence-electron chi connectivity index (χ4n) is 2.83. The average molecular weight is 388 g/mol. The summed E-state index contributed by atoms with van der Waals surface area (Å²) in [5.74, 6) is 0. The number of nitrogens with zero attached hydrogens (tertiary/aromatic N) is 3. The molecule has 0 atom stereocenters. The highest BCUT2D eigenvalue weighted by Gasteiger charge is 2.11. The van der Waals surface area contributed by atoms with Gasteiger partial charge < -0.3 is 4.57 Å². The summed E-state index contributed by atoms with van der Waals surface area (Å²) in [6.07, 6.45) is 9.32. The maximum atomic E-state index is 4.37.